The van der Waals surface area contributed by atoms with Gasteiger partial charge in [-0.15, -0.1) is 0 Å². The van der Waals surface area contributed by atoms with Gasteiger partial charge in [0.1, 0.15) is 0 Å². The number of thiocarbonyl (C=S) groups is 1. The highest BCUT2D eigenvalue weighted by atomic mass is 32.1. The van der Waals surface area contributed by atoms with Crippen LogP contribution >= 0.6 is 12.2 Å². The average Bonchev–Trinajstić information content (AvgIpc) is 2.86. The Balaban J connectivity index is 3.14. The number of rotatable bonds is 30. The smallest absolute Gasteiger partial charge is 0.159 e. The van der Waals surface area contributed by atoms with Crippen molar-refractivity contribution in [3.8, 4) is 0 Å². The maximum absolute atomic E-state index is 5.79. The van der Waals surface area contributed by atoms with E-state index in [0.29, 0.717) is 0 Å². The molecule has 0 saturated heterocycles. The van der Waals surface area contributed by atoms with Crippen LogP contribution in [0.25, 0.3) is 0 Å². The van der Waals surface area contributed by atoms with Gasteiger partial charge in [-0.25, -0.2) is 0 Å². The van der Waals surface area contributed by atoms with Crippen LogP contribution in [0.1, 0.15) is 200 Å². The van der Waals surface area contributed by atoms with E-state index < -0.39 is 0 Å². The lowest BCUT2D eigenvalue weighted by molar-refractivity contribution is 0.290. The third-order valence-electron chi connectivity index (χ3n) is 7.50. The predicted octanol–water partition coefficient (Wildman–Crippen LogP) is 12.7. The van der Waals surface area contributed by atoms with E-state index in [-0.39, 0.29) is 0 Å². The fraction of sp³-hybridized carbons (Fsp3) is 0.970. The lowest BCUT2D eigenvalue weighted by Gasteiger charge is -2.08. The van der Waals surface area contributed by atoms with Crippen LogP contribution in [0, 0.1) is 0 Å². The highest BCUT2D eigenvalue weighted by Gasteiger charge is 2.00. The molecule has 0 atom stereocenters. The Hall–Kier alpha value is -0.110. The van der Waals surface area contributed by atoms with Gasteiger partial charge in [0.15, 0.2) is 5.05 Å². The molecule has 0 heterocycles. The Labute approximate surface area is 228 Å². The summed E-state index contributed by atoms with van der Waals surface area (Å²) in [7, 11) is 0. The molecule has 0 aliphatic rings. The first-order chi connectivity index (χ1) is 17.3. The normalized spacial score (nSPS) is 11.3. The summed E-state index contributed by atoms with van der Waals surface area (Å²) in [4.78, 5) is 0. The molecule has 0 radical (unpaired) electrons. The summed E-state index contributed by atoms with van der Waals surface area (Å²) in [5.74, 6) is 0. The third-order valence-corrected chi connectivity index (χ3v) is 7.82. The fourth-order valence-electron chi connectivity index (χ4n) is 5.02. The van der Waals surface area contributed by atoms with Gasteiger partial charge in [-0.05, 0) is 25.1 Å². The lowest BCUT2D eigenvalue weighted by atomic mass is 10.0. The Kier molecular flexibility index (Phi) is 31.8. The van der Waals surface area contributed by atoms with Crippen molar-refractivity contribution in [2.75, 3.05) is 6.61 Å². The molecule has 0 rings (SSSR count). The van der Waals surface area contributed by atoms with Crippen molar-refractivity contribution in [3.63, 3.8) is 0 Å². The first kappa shape index (κ1) is 34.9. The molecule has 0 aliphatic heterocycles. The van der Waals surface area contributed by atoms with Crippen molar-refractivity contribution in [1.29, 1.82) is 0 Å². The minimum Gasteiger partial charge on any atom is -0.487 e. The number of ether oxygens (including phenoxy) is 1. The second kappa shape index (κ2) is 31.9. The molecule has 0 N–H and O–H groups in total. The number of unbranched alkanes of at least 4 members (excludes halogenated alkanes) is 26. The molecule has 2 heteroatoms. The fourth-order valence-corrected chi connectivity index (χ4v) is 5.25. The third kappa shape index (κ3) is 31.9. The quantitative estimate of drug-likeness (QED) is 0.0701. The van der Waals surface area contributed by atoms with Gasteiger partial charge >= 0.3 is 0 Å². The lowest BCUT2D eigenvalue weighted by Crippen LogP contribution is -2.03. The summed E-state index contributed by atoms with van der Waals surface area (Å²) in [5, 5.41) is 0.860. The molecule has 0 aliphatic carbocycles. The van der Waals surface area contributed by atoms with Crippen molar-refractivity contribution in [2.24, 2.45) is 0 Å². The minimum atomic E-state index is 0.843. The molecule has 210 valence electrons. The highest BCUT2D eigenvalue weighted by Crippen LogP contribution is 2.15. The Morgan fingerprint density at radius 1 is 0.371 bits per heavy atom. The largest absolute Gasteiger partial charge is 0.487 e. The van der Waals surface area contributed by atoms with Crippen LogP contribution in [-0.2, 0) is 4.74 Å². The van der Waals surface area contributed by atoms with Gasteiger partial charge in [0.25, 0.3) is 0 Å². The second-order valence-corrected chi connectivity index (χ2v) is 11.6. The van der Waals surface area contributed by atoms with Gasteiger partial charge in [-0.3, -0.25) is 0 Å². The summed E-state index contributed by atoms with van der Waals surface area (Å²) in [6, 6.07) is 0. The van der Waals surface area contributed by atoms with E-state index in [2.05, 4.69) is 13.8 Å². The van der Waals surface area contributed by atoms with Gasteiger partial charge in [0, 0.05) is 6.42 Å². The monoisotopic (exact) mass is 510 g/mol. The summed E-state index contributed by atoms with van der Waals surface area (Å²) >= 11 is 5.42. The Bertz CT molecular complexity index is 395. The molecular weight excluding hydrogens is 444 g/mol. The molecule has 0 aromatic carbocycles. The highest BCUT2D eigenvalue weighted by molar-refractivity contribution is 7.80. The van der Waals surface area contributed by atoms with Crippen LogP contribution in [0.5, 0.6) is 0 Å². The van der Waals surface area contributed by atoms with E-state index in [1.165, 1.54) is 180 Å². The summed E-state index contributed by atoms with van der Waals surface area (Å²) in [5.41, 5.74) is 0. The molecule has 0 aromatic heterocycles. The van der Waals surface area contributed by atoms with Gasteiger partial charge in [-0.1, -0.05) is 181 Å². The zero-order chi connectivity index (χ0) is 25.5. The van der Waals surface area contributed by atoms with E-state index in [1.807, 2.05) is 0 Å². The first-order valence-corrected chi connectivity index (χ1v) is 16.9. The summed E-state index contributed by atoms with van der Waals surface area (Å²) in [6.45, 7) is 5.43. The van der Waals surface area contributed by atoms with Crippen molar-refractivity contribution in [2.45, 2.75) is 200 Å². The second-order valence-electron chi connectivity index (χ2n) is 11.2. The van der Waals surface area contributed by atoms with Crippen LogP contribution in [0.2, 0.25) is 0 Å². The van der Waals surface area contributed by atoms with Gasteiger partial charge in [0.2, 0.25) is 0 Å². The molecule has 0 bridgehead atoms. The maximum Gasteiger partial charge on any atom is 0.159 e. The predicted molar refractivity (Wildman–Crippen MR) is 164 cm³/mol. The Morgan fingerprint density at radius 2 is 0.629 bits per heavy atom. The number of hydrogen-bond donors (Lipinski definition) is 0. The molecule has 0 fully saturated rings. The van der Waals surface area contributed by atoms with E-state index in [4.69, 9.17) is 17.0 Å². The van der Waals surface area contributed by atoms with Gasteiger partial charge in [0.05, 0.1) is 6.61 Å². The standard InChI is InChI=1S/C33H66OS/c1-3-5-7-9-11-13-15-17-18-19-21-23-25-27-29-31-33(35)34-32-30-28-26-24-22-20-16-14-12-10-8-6-4-2/h3-32H2,1-2H3. The minimum absolute atomic E-state index is 0.843. The summed E-state index contributed by atoms with van der Waals surface area (Å²) in [6.07, 6.45) is 40.3. The van der Waals surface area contributed by atoms with Crippen molar-refractivity contribution in [3.05, 3.63) is 0 Å². The molecule has 0 aromatic rings. The molecule has 35 heavy (non-hydrogen) atoms. The van der Waals surface area contributed by atoms with Crippen molar-refractivity contribution < 1.29 is 4.74 Å². The molecule has 0 unspecified atom stereocenters. The molecule has 0 saturated carbocycles. The first-order valence-electron chi connectivity index (χ1n) is 16.5. The average molecular weight is 511 g/mol. The van der Waals surface area contributed by atoms with Gasteiger partial charge in [-0.2, -0.15) is 0 Å². The number of hydrogen-bond acceptors (Lipinski definition) is 2. The van der Waals surface area contributed by atoms with Gasteiger partial charge < -0.3 is 4.74 Å². The van der Waals surface area contributed by atoms with Crippen molar-refractivity contribution >= 4 is 17.3 Å². The van der Waals surface area contributed by atoms with Crippen LogP contribution in [0.4, 0.5) is 0 Å². The summed E-state index contributed by atoms with van der Waals surface area (Å²) < 4.78 is 5.79. The maximum atomic E-state index is 5.79. The zero-order valence-corrected chi connectivity index (χ0v) is 25.3. The van der Waals surface area contributed by atoms with Crippen LogP contribution in [-0.4, -0.2) is 11.7 Å². The molecule has 0 amide bonds. The Morgan fingerprint density at radius 3 is 0.943 bits per heavy atom. The van der Waals surface area contributed by atoms with Crippen molar-refractivity contribution in [1.82, 2.24) is 0 Å². The molecule has 0 spiro atoms. The SMILES string of the molecule is CCCCCCCCCCCCCCCCCC(=S)OCCCCCCCCCCCCCCC. The van der Waals surface area contributed by atoms with E-state index in [0.717, 1.165) is 18.1 Å². The zero-order valence-electron chi connectivity index (χ0n) is 24.5. The topological polar surface area (TPSA) is 9.23 Å². The van der Waals surface area contributed by atoms with Crippen LogP contribution in [0.3, 0.4) is 0 Å². The van der Waals surface area contributed by atoms with Crippen LogP contribution < -0.4 is 0 Å². The van der Waals surface area contributed by atoms with E-state index in [1.54, 1.807) is 0 Å². The molecular formula is C33H66OS. The van der Waals surface area contributed by atoms with E-state index in [9.17, 15) is 0 Å². The van der Waals surface area contributed by atoms with Crippen LogP contribution in [0.15, 0.2) is 0 Å². The molecule has 1 nitrogen and oxygen atoms in total. The van der Waals surface area contributed by atoms with E-state index >= 15 is 0 Å².